The molecule has 6 nitrogen and oxygen atoms in total. The lowest BCUT2D eigenvalue weighted by atomic mass is 10.2. The molecule has 6 heteroatoms. The second-order valence-electron chi connectivity index (χ2n) is 5.43. The Morgan fingerprint density at radius 2 is 1.96 bits per heavy atom. The molecule has 0 aliphatic carbocycles. The smallest absolute Gasteiger partial charge is 0.305 e. The van der Waals surface area contributed by atoms with Gasteiger partial charge in [-0.2, -0.15) is 0 Å². The van der Waals surface area contributed by atoms with Crippen LogP contribution in [0.2, 0.25) is 0 Å². The van der Waals surface area contributed by atoms with E-state index in [4.69, 9.17) is 5.11 Å². The third-order valence-corrected chi connectivity index (χ3v) is 3.82. The van der Waals surface area contributed by atoms with Crippen molar-refractivity contribution in [1.82, 2.24) is 15.0 Å². The van der Waals surface area contributed by atoms with Crippen LogP contribution in [0.5, 0.6) is 0 Å². The predicted molar refractivity (Wildman–Crippen MR) is 89.5 cm³/mol. The van der Waals surface area contributed by atoms with Crippen LogP contribution < -0.4 is 5.32 Å². The molecule has 2 heterocycles. The number of hydrogen-bond acceptors (Lipinski definition) is 4. The summed E-state index contributed by atoms with van der Waals surface area (Å²) in [5.41, 5.74) is 3.77. The highest BCUT2D eigenvalue weighted by Crippen LogP contribution is 2.29. The first-order chi connectivity index (χ1) is 11.1. The molecule has 118 valence electrons. The number of aliphatic carboxylic acids is 1. The molecule has 23 heavy (non-hydrogen) atoms. The molecule has 0 fully saturated rings. The molecule has 0 aliphatic heterocycles. The molecule has 0 saturated heterocycles. The Labute approximate surface area is 133 Å². The summed E-state index contributed by atoms with van der Waals surface area (Å²) in [6.07, 6.45) is 0.0363. The molecule has 0 unspecified atom stereocenters. The summed E-state index contributed by atoms with van der Waals surface area (Å²) < 4.78 is 0. The van der Waals surface area contributed by atoms with Crippen LogP contribution in [-0.4, -0.2) is 32.6 Å². The number of carbonyl (C=O) groups is 1. The first-order valence-corrected chi connectivity index (χ1v) is 7.44. The summed E-state index contributed by atoms with van der Waals surface area (Å²) in [5, 5.41) is 12.9. The van der Waals surface area contributed by atoms with Crippen LogP contribution in [0.25, 0.3) is 22.4 Å². The zero-order chi connectivity index (χ0) is 16.4. The Morgan fingerprint density at radius 3 is 2.65 bits per heavy atom. The number of fused-ring (bicyclic) bond motifs is 1. The Kier molecular flexibility index (Phi) is 3.97. The number of nitrogens with one attached hydrogen (secondary N) is 2. The summed E-state index contributed by atoms with van der Waals surface area (Å²) >= 11 is 0. The summed E-state index contributed by atoms with van der Waals surface area (Å²) in [7, 11) is 0. The van der Waals surface area contributed by atoms with Crippen molar-refractivity contribution < 1.29 is 9.90 Å². The molecule has 0 radical (unpaired) electrons. The van der Waals surface area contributed by atoms with Gasteiger partial charge >= 0.3 is 5.97 Å². The van der Waals surface area contributed by atoms with E-state index in [-0.39, 0.29) is 6.42 Å². The van der Waals surface area contributed by atoms with E-state index in [0.29, 0.717) is 18.2 Å². The van der Waals surface area contributed by atoms with Crippen LogP contribution in [0.4, 0.5) is 5.82 Å². The number of carboxylic acid groups (broad SMARTS) is 1. The van der Waals surface area contributed by atoms with E-state index in [1.54, 1.807) is 0 Å². The average Bonchev–Trinajstić information content (AvgIpc) is 2.82. The number of nitrogens with zero attached hydrogens (tertiary/aromatic N) is 2. The third kappa shape index (κ3) is 3.01. The lowest BCUT2D eigenvalue weighted by molar-refractivity contribution is -0.136. The largest absolute Gasteiger partial charge is 0.481 e. The first-order valence-electron chi connectivity index (χ1n) is 7.44. The standard InChI is InChI=1S/C17H18N4O2/c1-10-11(2)19-17-14(10)16(18-9-8-13(22)23)20-15(21-17)12-6-4-3-5-7-12/h3-7H,8-9H2,1-2H3,(H,22,23)(H2,18,19,20,21). The van der Waals surface area contributed by atoms with Crippen molar-refractivity contribution >= 4 is 22.8 Å². The molecule has 0 aliphatic rings. The molecular weight excluding hydrogens is 292 g/mol. The van der Waals surface area contributed by atoms with Gasteiger partial charge in [-0.05, 0) is 19.4 Å². The molecule has 0 spiro atoms. The van der Waals surface area contributed by atoms with Crippen LogP contribution in [0.3, 0.4) is 0 Å². The van der Waals surface area contributed by atoms with Crippen molar-refractivity contribution in [2.75, 3.05) is 11.9 Å². The fourth-order valence-corrected chi connectivity index (χ4v) is 2.50. The Bertz CT molecular complexity index is 856. The maximum atomic E-state index is 10.7. The molecule has 2 aromatic heterocycles. The van der Waals surface area contributed by atoms with Crippen LogP contribution in [0.1, 0.15) is 17.7 Å². The fraction of sp³-hybridized carbons (Fsp3) is 0.235. The second kappa shape index (κ2) is 6.08. The number of anilines is 1. The zero-order valence-electron chi connectivity index (χ0n) is 13.1. The SMILES string of the molecule is Cc1[nH]c2nc(-c3ccccc3)nc(NCCC(=O)O)c2c1C. The Balaban J connectivity index is 2.08. The maximum Gasteiger partial charge on any atom is 0.305 e. The van der Waals surface area contributed by atoms with Crippen molar-refractivity contribution in [1.29, 1.82) is 0 Å². The van der Waals surface area contributed by atoms with Gasteiger partial charge in [0.05, 0.1) is 11.8 Å². The zero-order valence-corrected chi connectivity index (χ0v) is 13.1. The highest BCUT2D eigenvalue weighted by atomic mass is 16.4. The molecule has 3 aromatic rings. The van der Waals surface area contributed by atoms with Crippen molar-refractivity contribution in [2.24, 2.45) is 0 Å². The van der Waals surface area contributed by atoms with Crippen molar-refractivity contribution in [2.45, 2.75) is 20.3 Å². The molecule has 3 N–H and O–H groups in total. The number of aryl methyl sites for hydroxylation is 2. The minimum absolute atomic E-state index is 0.0363. The van der Waals surface area contributed by atoms with E-state index in [1.165, 1.54) is 0 Å². The van der Waals surface area contributed by atoms with Gasteiger partial charge in [0.1, 0.15) is 11.5 Å². The highest BCUT2D eigenvalue weighted by Gasteiger charge is 2.15. The van der Waals surface area contributed by atoms with Crippen molar-refractivity contribution in [3.63, 3.8) is 0 Å². The molecule has 0 bridgehead atoms. The minimum Gasteiger partial charge on any atom is -0.481 e. The predicted octanol–water partition coefficient (Wildman–Crippen LogP) is 3.13. The quantitative estimate of drug-likeness (QED) is 0.673. The maximum absolute atomic E-state index is 10.7. The first kappa shape index (κ1) is 15.0. The number of aromatic amines is 1. The topological polar surface area (TPSA) is 90.9 Å². The summed E-state index contributed by atoms with van der Waals surface area (Å²) in [5.74, 6) is 0.433. The van der Waals surface area contributed by atoms with Crippen molar-refractivity contribution in [3.8, 4) is 11.4 Å². The Morgan fingerprint density at radius 1 is 1.22 bits per heavy atom. The van der Waals surface area contributed by atoms with Gasteiger partial charge in [-0.25, -0.2) is 9.97 Å². The van der Waals surface area contributed by atoms with Crippen LogP contribution in [-0.2, 0) is 4.79 Å². The third-order valence-electron chi connectivity index (χ3n) is 3.82. The van der Waals surface area contributed by atoms with Gasteiger partial charge in [0.25, 0.3) is 0 Å². The molecule has 1 aromatic carbocycles. The van der Waals surface area contributed by atoms with Gasteiger partial charge in [-0.1, -0.05) is 30.3 Å². The lowest BCUT2D eigenvalue weighted by Gasteiger charge is -2.09. The monoisotopic (exact) mass is 310 g/mol. The minimum atomic E-state index is -0.840. The number of rotatable bonds is 5. The number of H-pyrrole nitrogens is 1. The van der Waals surface area contributed by atoms with Gasteiger partial charge in [0, 0.05) is 17.8 Å². The normalized spacial score (nSPS) is 10.9. The molecule has 0 atom stereocenters. The Hall–Kier alpha value is -2.89. The summed E-state index contributed by atoms with van der Waals surface area (Å²) in [6.45, 7) is 4.31. The molecule has 0 saturated carbocycles. The van der Waals surface area contributed by atoms with Gasteiger partial charge in [0.2, 0.25) is 0 Å². The van der Waals surface area contributed by atoms with Gasteiger partial charge < -0.3 is 15.4 Å². The second-order valence-corrected chi connectivity index (χ2v) is 5.43. The van der Waals surface area contributed by atoms with Crippen LogP contribution in [0.15, 0.2) is 30.3 Å². The van der Waals surface area contributed by atoms with Crippen molar-refractivity contribution in [3.05, 3.63) is 41.6 Å². The van der Waals surface area contributed by atoms with E-state index in [0.717, 1.165) is 27.9 Å². The van der Waals surface area contributed by atoms with Gasteiger partial charge in [-0.15, -0.1) is 0 Å². The lowest BCUT2D eigenvalue weighted by Crippen LogP contribution is -2.09. The molecule has 0 amide bonds. The van der Waals surface area contributed by atoms with Crippen LogP contribution >= 0.6 is 0 Å². The van der Waals surface area contributed by atoms with Crippen LogP contribution in [0, 0.1) is 13.8 Å². The van der Waals surface area contributed by atoms with Gasteiger partial charge in [0.15, 0.2) is 5.82 Å². The van der Waals surface area contributed by atoms with Gasteiger partial charge in [-0.3, -0.25) is 4.79 Å². The highest BCUT2D eigenvalue weighted by molar-refractivity contribution is 5.92. The van der Waals surface area contributed by atoms with E-state index in [1.807, 2.05) is 44.2 Å². The van der Waals surface area contributed by atoms with E-state index in [2.05, 4.69) is 20.3 Å². The van der Waals surface area contributed by atoms with E-state index < -0.39 is 5.97 Å². The summed E-state index contributed by atoms with van der Waals surface area (Å²) in [6, 6.07) is 9.71. The number of hydrogen-bond donors (Lipinski definition) is 3. The molecule has 3 rings (SSSR count). The van der Waals surface area contributed by atoms with E-state index >= 15 is 0 Å². The number of aromatic nitrogens is 3. The summed E-state index contributed by atoms with van der Waals surface area (Å²) in [4.78, 5) is 23.2. The number of carboxylic acids is 1. The molecular formula is C17H18N4O2. The van der Waals surface area contributed by atoms with E-state index in [9.17, 15) is 4.79 Å². The average molecular weight is 310 g/mol. The number of benzene rings is 1. The fourth-order valence-electron chi connectivity index (χ4n) is 2.50.